The summed E-state index contributed by atoms with van der Waals surface area (Å²) in [5.41, 5.74) is 4.34. The number of rotatable bonds is 7. The molecule has 1 aliphatic heterocycles. The molecule has 33 heavy (non-hydrogen) atoms. The second-order valence-electron chi connectivity index (χ2n) is 7.49. The van der Waals surface area contributed by atoms with Gasteiger partial charge in [0.05, 0.1) is 23.7 Å². The van der Waals surface area contributed by atoms with Gasteiger partial charge in [0.25, 0.3) is 0 Å². The number of benzene rings is 1. The van der Waals surface area contributed by atoms with E-state index in [1.807, 2.05) is 49.5 Å². The van der Waals surface area contributed by atoms with E-state index in [0.717, 1.165) is 38.6 Å². The summed E-state index contributed by atoms with van der Waals surface area (Å²) in [7, 11) is 0. The largest absolute Gasteiger partial charge is 0.463 e. The quantitative estimate of drug-likeness (QED) is 0.443. The lowest BCUT2D eigenvalue weighted by Crippen LogP contribution is -2.17. The number of hydrogen-bond donors (Lipinski definition) is 0. The van der Waals surface area contributed by atoms with Crippen LogP contribution in [0.4, 0.5) is 0 Å². The van der Waals surface area contributed by atoms with E-state index in [1.165, 1.54) is 0 Å². The Kier molecular flexibility index (Phi) is 6.98. The first-order valence-corrected chi connectivity index (χ1v) is 11.4. The topological polar surface area (TPSA) is 95.7 Å². The van der Waals surface area contributed by atoms with Gasteiger partial charge in [-0.15, -0.1) is 0 Å². The van der Waals surface area contributed by atoms with E-state index in [0.29, 0.717) is 6.42 Å². The van der Waals surface area contributed by atoms with E-state index in [1.54, 1.807) is 13.1 Å². The molecule has 0 saturated heterocycles. The van der Waals surface area contributed by atoms with Gasteiger partial charge in [0.15, 0.2) is 6.61 Å². The molecule has 3 aromatic rings. The van der Waals surface area contributed by atoms with E-state index in [4.69, 9.17) is 14.5 Å². The summed E-state index contributed by atoms with van der Waals surface area (Å²) in [6.07, 6.45) is 4.17. The Balaban J connectivity index is 1.66. The maximum atomic E-state index is 12.0. The molecule has 0 bridgehead atoms. The maximum absolute atomic E-state index is 12.0. The van der Waals surface area contributed by atoms with Gasteiger partial charge in [0, 0.05) is 41.0 Å². The summed E-state index contributed by atoms with van der Waals surface area (Å²) >= 11 is 3.57. The molecule has 0 fully saturated rings. The molecular weight excluding hydrogens is 488 g/mol. The fourth-order valence-electron chi connectivity index (χ4n) is 3.65. The van der Waals surface area contributed by atoms with Crippen LogP contribution >= 0.6 is 15.9 Å². The van der Waals surface area contributed by atoms with E-state index in [9.17, 15) is 9.59 Å². The number of carbonyl (C=O) groups excluding carboxylic acids is 2. The lowest BCUT2D eigenvalue weighted by molar-refractivity contribution is -0.158. The molecular formula is C24H23BrN4O4. The van der Waals surface area contributed by atoms with Crippen molar-refractivity contribution in [2.45, 2.75) is 32.7 Å². The summed E-state index contributed by atoms with van der Waals surface area (Å²) in [6, 6.07) is 11.4. The molecule has 0 saturated carbocycles. The van der Waals surface area contributed by atoms with E-state index in [-0.39, 0.29) is 19.1 Å². The standard InChI is InChI=1S/C24H23BrN4O4/c1-3-21(30)33-14-22(31)32-11-9-19-24-27-13-15(2)29(24)20-8-7-16(25)12-17(20)23(28-19)18-6-4-5-10-26-18/h4-8,10,12-13,19H,3,9,11,14H2,1-2H3/t19-/m0/s1. The van der Waals surface area contributed by atoms with Crippen LogP contribution in [0, 0.1) is 6.92 Å². The molecule has 0 N–H and O–H groups in total. The van der Waals surface area contributed by atoms with E-state index in [2.05, 4.69) is 30.5 Å². The van der Waals surface area contributed by atoms with Crippen molar-refractivity contribution in [3.8, 4) is 5.69 Å². The van der Waals surface area contributed by atoms with Crippen LogP contribution in [-0.4, -0.2) is 45.4 Å². The van der Waals surface area contributed by atoms with Gasteiger partial charge < -0.3 is 9.47 Å². The molecule has 3 heterocycles. The third-order valence-corrected chi connectivity index (χ3v) is 5.70. The van der Waals surface area contributed by atoms with Crippen molar-refractivity contribution in [1.29, 1.82) is 0 Å². The monoisotopic (exact) mass is 510 g/mol. The number of fused-ring (bicyclic) bond motifs is 3. The predicted octanol–water partition coefficient (Wildman–Crippen LogP) is 4.12. The van der Waals surface area contributed by atoms with Gasteiger partial charge in [-0.2, -0.15) is 0 Å². The number of aryl methyl sites for hydroxylation is 1. The van der Waals surface area contributed by atoms with Crippen molar-refractivity contribution in [1.82, 2.24) is 14.5 Å². The third kappa shape index (κ3) is 5.03. The molecule has 8 nitrogen and oxygen atoms in total. The number of carbonyl (C=O) groups is 2. The number of aliphatic imine (C=N–C) groups is 1. The van der Waals surface area contributed by atoms with Crippen molar-refractivity contribution in [2.24, 2.45) is 4.99 Å². The number of aromatic nitrogens is 3. The van der Waals surface area contributed by atoms with Crippen molar-refractivity contribution in [2.75, 3.05) is 13.2 Å². The number of ether oxygens (including phenoxy) is 2. The Morgan fingerprint density at radius 1 is 1.12 bits per heavy atom. The van der Waals surface area contributed by atoms with Gasteiger partial charge in [0.1, 0.15) is 11.9 Å². The van der Waals surface area contributed by atoms with Crippen LogP contribution in [0.25, 0.3) is 5.69 Å². The molecule has 0 radical (unpaired) electrons. The van der Waals surface area contributed by atoms with Gasteiger partial charge in [-0.1, -0.05) is 28.9 Å². The first kappa shape index (κ1) is 22.8. The summed E-state index contributed by atoms with van der Waals surface area (Å²) in [4.78, 5) is 37.4. The highest BCUT2D eigenvalue weighted by Gasteiger charge is 2.28. The highest BCUT2D eigenvalue weighted by molar-refractivity contribution is 9.10. The smallest absolute Gasteiger partial charge is 0.344 e. The van der Waals surface area contributed by atoms with Crippen LogP contribution in [0.15, 0.2) is 58.3 Å². The summed E-state index contributed by atoms with van der Waals surface area (Å²) in [5.74, 6) is -0.275. The lowest BCUT2D eigenvalue weighted by atomic mass is 10.0. The molecule has 4 rings (SSSR count). The molecule has 2 aromatic heterocycles. The molecule has 0 aliphatic carbocycles. The van der Waals surface area contributed by atoms with Crippen LogP contribution in [-0.2, 0) is 19.1 Å². The fourth-order valence-corrected chi connectivity index (χ4v) is 4.01. The van der Waals surface area contributed by atoms with Crippen LogP contribution < -0.4 is 0 Å². The summed E-state index contributed by atoms with van der Waals surface area (Å²) < 4.78 is 13.1. The Hall–Kier alpha value is -3.33. The van der Waals surface area contributed by atoms with Gasteiger partial charge >= 0.3 is 11.9 Å². The SMILES string of the molecule is CCC(=O)OCC(=O)OCC[C@@H]1N=C(c2ccccn2)c2cc(Br)ccc2-n2c(C)cnc21. The minimum Gasteiger partial charge on any atom is -0.463 e. The number of halogens is 1. The zero-order valence-electron chi connectivity index (χ0n) is 18.3. The lowest BCUT2D eigenvalue weighted by Gasteiger charge is -2.14. The van der Waals surface area contributed by atoms with Crippen molar-refractivity contribution < 1.29 is 19.1 Å². The minimum atomic E-state index is -0.592. The molecule has 1 aromatic carbocycles. The molecule has 9 heteroatoms. The second kappa shape index (κ2) is 10.1. The van der Waals surface area contributed by atoms with Crippen molar-refractivity contribution in [3.63, 3.8) is 0 Å². The van der Waals surface area contributed by atoms with Crippen LogP contribution in [0.1, 0.15) is 48.6 Å². The first-order valence-electron chi connectivity index (χ1n) is 10.6. The third-order valence-electron chi connectivity index (χ3n) is 5.20. The van der Waals surface area contributed by atoms with E-state index >= 15 is 0 Å². The Bertz CT molecular complexity index is 1210. The van der Waals surface area contributed by atoms with Crippen molar-refractivity contribution in [3.05, 3.63) is 76.0 Å². The Morgan fingerprint density at radius 3 is 2.73 bits per heavy atom. The van der Waals surface area contributed by atoms with Crippen molar-refractivity contribution >= 4 is 33.6 Å². The molecule has 0 spiro atoms. The second-order valence-corrected chi connectivity index (χ2v) is 8.40. The number of nitrogens with zero attached hydrogens (tertiary/aromatic N) is 4. The first-order chi connectivity index (χ1) is 16.0. The molecule has 170 valence electrons. The van der Waals surface area contributed by atoms with Gasteiger partial charge in [-0.05, 0) is 37.3 Å². The summed E-state index contributed by atoms with van der Waals surface area (Å²) in [6.45, 7) is 3.37. The highest BCUT2D eigenvalue weighted by atomic mass is 79.9. The van der Waals surface area contributed by atoms with E-state index < -0.39 is 18.5 Å². The maximum Gasteiger partial charge on any atom is 0.344 e. The number of hydrogen-bond acceptors (Lipinski definition) is 7. The van der Waals surface area contributed by atoms with Crippen LogP contribution in [0.5, 0.6) is 0 Å². The molecule has 1 aliphatic rings. The number of imidazole rings is 1. The molecule has 1 atom stereocenters. The molecule has 0 unspecified atom stereocenters. The Morgan fingerprint density at radius 2 is 1.97 bits per heavy atom. The number of esters is 2. The Labute approximate surface area is 199 Å². The zero-order chi connectivity index (χ0) is 23.4. The summed E-state index contributed by atoms with van der Waals surface area (Å²) in [5, 5.41) is 0. The highest BCUT2D eigenvalue weighted by Crippen LogP contribution is 2.34. The van der Waals surface area contributed by atoms with Gasteiger partial charge in [-0.25, -0.2) is 9.78 Å². The molecule has 0 amide bonds. The zero-order valence-corrected chi connectivity index (χ0v) is 19.9. The normalized spacial score (nSPS) is 14.5. The van der Waals surface area contributed by atoms with Crippen LogP contribution in [0.2, 0.25) is 0 Å². The minimum absolute atomic E-state index is 0.109. The average molecular weight is 511 g/mol. The van der Waals surface area contributed by atoms with Crippen LogP contribution in [0.3, 0.4) is 0 Å². The average Bonchev–Trinajstić information content (AvgIpc) is 3.14. The predicted molar refractivity (Wildman–Crippen MR) is 125 cm³/mol. The number of pyridine rings is 1. The fraction of sp³-hybridized carbons (Fsp3) is 0.292. The van der Waals surface area contributed by atoms with Gasteiger partial charge in [-0.3, -0.25) is 19.3 Å². The van der Waals surface area contributed by atoms with Gasteiger partial charge in [0.2, 0.25) is 0 Å².